The van der Waals surface area contributed by atoms with E-state index in [1.54, 1.807) is 12.4 Å². The van der Waals surface area contributed by atoms with Crippen molar-refractivity contribution in [2.75, 3.05) is 13.1 Å². The predicted octanol–water partition coefficient (Wildman–Crippen LogP) is 2.58. The highest BCUT2D eigenvalue weighted by Crippen LogP contribution is 2.22. The molecule has 0 spiro atoms. The molecule has 0 aromatic carbocycles. The topological polar surface area (TPSA) is 103 Å². The van der Waals surface area contributed by atoms with E-state index in [4.69, 9.17) is 10.7 Å². The van der Waals surface area contributed by atoms with Gasteiger partial charge in [-0.2, -0.15) is 5.26 Å². The fourth-order valence-corrected chi connectivity index (χ4v) is 3.17. The van der Waals surface area contributed by atoms with Gasteiger partial charge in [0.2, 0.25) is 0 Å². The summed E-state index contributed by atoms with van der Waals surface area (Å²) in [6, 6.07) is 4.31. The highest BCUT2D eigenvalue weighted by atomic mass is 14.9. The number of aromatic amines is 1. The zero-order valence-corrected chi connectivity index (χ0v) is 14.7. The van der Waals surface area contributed by atoms with E-state index >= 15 is 0 Å². The van der Waals surface area contributed by atoms with Gasteiger partial charge >= 0.3 is 0 Å². The molecule has 0 unspecified atom stereocenters. The standard InChI is InChI=1S/C19H24N6/c1-12(2)25-18(13-3-5-22-6-4-13)8-17(21)14-7-16-15(9-20)11-24-19(16)23-10-14/h7-8,10-13,22H,3-6,21H2,1-2H3,(H,23,24). The molecule has 1 fully saturated rings. The molecule has 6 nitrogen and oxygen atoms in total. The third-order valence-electron chi connectivity index (χ3n) is 4.45. The number of piperidine rings is 1. The van der Waals surface area contributed by atoms with Crippen LogP contribution in [0.2, 0.25) is 0 Å². The summed E-state index contributed by atoms with van der Waals surface area (Å²) in [7, 11) is 0. The first-order chi connectivity index (χ1) is 12.1. The van der Waals surface area contributed by atoms with Crippen LogP contribution in [-0.2, 0) is 0 Å². The van der Waals surface area contributed by atoms with Crippen LogP contribution in [-0.4, -0.2) is 34.8 Å². The molecule has 130 valence electrons. The largest absolute Gasteiger partial charge is 0.398 e. The Balaban J connectivity index is 1.95. The van der Waals surface area contributed by atoms with Gasteiger partial charge in [0, 0.05) is 46.7 Å². The molecule has 25 heavy (non-hydrogen) atoms. The number of allylic oxidation sites excluding steroid dienone is 1. The number of pyridine rings is 1. The van der Waals surface area contributed by atoms with E-state index in [-0.39, 0.29) is 6.04 Å². The zero-order valence-electron chi connectivity index (χ0n) is 14.7. The van der Waals surface area contributed by atoms with Gasteiger partial charge in [-0.15, -0.1) is 0 Å². The second kappa shape index (κ2) is 7.49. The van der Waals surface area contributed by atoms with E-state index in [1.165, 1.54) is 0 Å². The average Bonchev–Trinajstić information content (AvgIpc) is 3.03. The Hall–Kier alpha value is -2.65. The maximum Gasteiger partial charge on any atom is 0.138 e. The summed E-state index contributed by atoms with van der Waals surface area (Å²) in [6.07, 6.45) is 7.53. The first-order valence-corrected chi connectivity index (χ1v) is 8.71. The van der Waals surface area contributed by atoms with Gasteiger partial charge in [0.25, 0.3) is 0 Å². The molecular weight excluding hydrogens is 312 g/mol. The molecule has 4 N–H and O–H groups in total. The van der Waals surface area contributed by atoms with Gasteiger partial charge in [0.1, 0.15) is 11.7 Å². The number of nitrogens with two attached hydrogens (primary N) is 1. The number of nitrogens with one attached hydrogen (secondary N) is 2. The van der Waals surface area contributed by atoms with Gasteiger partial charge in [-0.3, -0.25) is 4.99 Å². The van der Waals surface area contributed by atoms with Crippen molar-refractivity contribution < 1.29 is 0 Å². The first kappa shape index (κ1) is 17.2. The van der Waals surface area contributed by atoms with Crippen molar-refractivity contribution in [3.63, 3.8) is 0 Å². The number of hydrogen-bond acceptors (Lipinski definition) is 5. The highest BCUT2D eigenvalue weighted by Gasteiger charge is 2.18. The molecule has 2 aromatic rings. The van der Waals surface area contributed by atoms with E-state index in [2.05, 4.69) is 35.2 Å². The Kier molecular flexibility index (Phi) is 5.15. The smallest absolute Gasteiger partial charge is 0.138 e. The summed E-state index contributed by atoms with van der Waals surface area (Å²) in [4.78, 5) is 12.2. The Morgan fingerprint density at radius 2 is 2.20 bits per heavy atom. The molecular formula is C19H24N6. The maximum atomic E-state index is 9.20. The molecule has 3 heterocycles. The van der Waals surface area contributed by atoms with Crippen molar-refractivity contribution in [1.82, 2.24) is 15.3 Å². The Morgan fingerprint density at radius 1 is 1.44 bits per heavy atom. The van der Waals surface area contributed by atoms with Crippen LogP contribution in [0.4, 0.5) is 0 Å². The van der Waals surface area contributed by atoms with Crippen LogP contribution in [0, 0.1) is 17.2 Å². The van der Waals surface area contributed by atoms with Gasteiger partial charge in [-0.25, -0.2) is 4.98 Å². The van der Waals surface area contributed by atoms with Crippen LogP contribution in [0.3, 0.4) is 0 Å². The number of nitrogens with zero attached hydrogens (tertiary/aromatic N) is 3. The van der Waals surface area contributed by atoms with E-state index in [0.717, 1.165) is 42.6 Å². The lowest BCUT2D eigenvalue weighted by atomic mass is 9.91. The van der Waals surface area contributed by atoms with Crippen LogP contribution < -0.4 is 11.1 Å². The van der Waals surface area contributed by atoms with E-state index in [9.17, 15) is 5.26 Å². The van der Waals surface area contributed by atoms with Gasteiger partial charge in [0.05, 0.1) is 5.56 Å². The second-order valence-electron chi connectivity index (χ2n) is 6.71. The molecule has 0 aliphatic carbocycles. The predicted molar refractivity (Wildman–Crippen MR) is 101 cm³/mol. The summed E-state index contributed by atoms with van der Waals surface area (Å²) in [5.74, 6) is 0.431. The van der Waals surface area contributed by atoms with Crippen LogP contribution in [0.5, 0.6) is 0 Å². The molecule has 1 aliphatic heterocycles. The third kappa shape index (κ3) is 3.89. The number of hydrogen-bond donors (Lipinski definition) is 3. The van der Waals surface area contributed by atoms with E-state index < -0.39 is 0 Å². The third-order valence-corrected chi connectivity index (χ3v) is 4.45. The van der Waals surface area contributed by atoms with Crippen LogP contribution in [0.1, 0.15) is 37.8 Å². The lowest BCUT2D eigenvalue weighted by Crippen LogP contribution is -2.32. The molecule has 0 amide bonds. The number of rotatable bonds is 4. The molecule has 0 radical (unpaired) electrons. The van der Waals surface area contributed by atoms with Crippen molar-refractivity contribution in [1.29, 1.82) is 5.26 Å². The molecule has 6 heteroatoms. The quantitative estimate of drug-likeness (QED) is 0.747. The van der Waals surface area contributed by atoms with Gasteiger partial charge in [0.15, 0.2) is 0 Å². The highest BCUT2D eigenvalue weighted by molar-refractivity contribution is 6.02. The normalized spacial score (nSPS) is 17.2. The van der Waals surface area contributed by atoms with Gasteiger partial charge < -0.3 is 16.0 Å². The number of H-pyrrole nitrogens is 1. The number of aromatic nitrogens is 2. The Morgan fingerprint density at radius 3 is 2.88 bits per heavy atom. The number of aliphatic imine (C=N–C) groups is 1. The van der Waals surface area contributed by atoms with Crippen LogP contribution >= 0.6 is 0 Å². The fraction of sp³-hybridized carbons (Fsp3) is 0.421. The minimum absolute atomic E-state index is 0.226. The summed E-state index contributed by atoms with van der Waals surface area (Å²) < 4.78 is 0. The maximum absolute atomic E-state index is 9.20. The van der Waals surface area contributed by atoms with Crippen molar-refractivity contribution in [2.45, 2.75) is 32.7 Å². The van der Waals surface area contributed by atoms with Crippen molar-refractivity contribution in [3.8, 4) is 6.07 Å². The number of nitriles is 1. The van der Waals surface area contributed by atoms with Crippen molar-refractivity contribution in [3.05, 3.63) is 35.7 Å². The van der Waals surface area contributed by atoms with Crippen LogP contribution in [0.25, 0.3) is 16.7 Å². The lowest BCUT2D eigenvalue weighted by Gasteiger charge is -2.23. The Labute approximate surface area is 147 Å². The van der Waals surface area contributed by atoms with Crippen molar-refractivity contribution in [2.24, 2.45) is 16.6 Å². The van der Waals surface area contributed by atoms with Gasteiger partial charge in [-0.1, -0.05) is 0 Å². The zero-order chi connectivity index (χ0) is 17.8. The first-order valence-electron chi connectivity index (χ1n) is 8.71. The molecule has 2 aromatic heterocycles. The average molecular weight is 336 g/mol. The SMILES string of the molecule is CC(C)N=C(C=C(N)c1cnc2[nH]cc(C#N)c2c1)C1CCNCC1. The second-order valence-corrected chi connectivity index (χ2v) is 6.71. The lowest BCUT2D eigenvalue weighted by molar-refractivity contribution is 0.456. The Bertz CT molecular complexity index is 846. The fourth-order valence-electron chi connectivity index (χ4n) is 3.17. The number of fused-ring (bicyclic) bond motifs is 1. The minimum Gasteiger partial charge on any atom is -0.398 e. The van der Waals surface area contributed by atoms with E-state index in [0.29, 0.717) is 22.8 Å². The summed E-state index contributed by atoms with van der Waals surface area (Å²) in [5.41, 5.74) is 10.1. The molecule has 1 aliphatic rings. The summed E-state index contributed by atoms with van der Waals surface area (Å²) in [6.45, 7) is 6.19. The van der Waals surface area contributed by atoms with Crippen LogP contribution in [0.15, 0.2) is 29.5 Å². The monoisotopic (exact) mass is 336 g/mol. The summed E-state index contributed by atoms with van der Waals surface area (Å²) in [5, 5.41) is 13.4. The van der Waals surface area contributed by atoms with E-state index in [1.807, 2.05) is 12.1 Å². The molecule has 0 saturated carbocycles. The van der Waals surface area contributed by atoms with Crippen molar-refractivity contribution >= 4 is 22.4 Å². The summed E-state index contributed by atoms with van der Waals surface area (Å²) >= 11 is 0. The molecule has 1 saturated heterocycles. The molecule has 0 atom stereocenters. The minimum atomic E-state index is 0.226. The molecule has 0 bridgehead atoms. The molecule has 3 rings (SSSR count). The van der Waals surface area contributed by atoms with Gasteiger partial charge in [-0.05, 0) is 51.9 Å².